The fourth-order valence-electron chi connectivity index (χ4n) is 1.60. The van der Waals surface area contributed by atoms with Gasteiger partial charge in [0.1, 0.15) is 0 Å². The summed E-state index contributed by atoms with van der Waals surface area (Å²) < 4.78 is 5.37. The maximum absolute atomic E-state index is 9.73. The van der Waals surface area contributed by atoms with Crippen LogP contribution in [0.15, 0.2) is 24.3 Å². The maximum atomic E-state index is 9.73. The standard InChI is InChI=1S/C14H22O2/c1-11(2)16-10-14(15)9-8-13-7-5-4-6-12(13)3/h4-7,11,14-15H,8-10H2,1-3H3. The third kappa shape index (κ3) is 4.77. The van der Waals surface area contributed by atoms with Crippen molar-refractivity contribution in [3.63, 3.8) is 0 Å². The summed E-state index contributed by atoms with van der Waals surface area (Å²) in [6, 6.07) is 8.30. The van der Waals surface area contributed by atoms with E-state index in [0.717, 1.165) is 12.8 Å². The van der Waals surface area contributed by atoms with E-state index in [-0.39, 0.29) is 12.2 Å². The molecule has 0 aliphatic rings. The zero-order valence-corrected chi connectivity index (χ0v) is 10.4. The van der Waals surface area contributed by atoms with Crippen LogP contribution in [0.25, 0.3) is 0 Å². The van der Waals surface area contributed by atoms with Gasteiger partial charge in [-0.15, -0.1) is 0 Å². The zero-order chi connectivity index (χ0) is 12.0. The summed E-state index contributed by atoms with van der Waals surface area (Å²) in [5.74, 6) is 0. The van der Waals surface area contributed by atoms with Gasteiger partial charge >= 0.3 is 0 Å². The second-order valence-corrected chi connectivity index (χ2v) is 4.50. The Bertz CT molecular complexity index is 307. The van der Waals surface area contributed by atoms with E-state index < -0.39 is 0 Å². The van der Waals surface area contributed by atoms with Crippen LogP contribution in [0.4, 0.5) is 0 Å². The molecule has 0 amide bonds. The molecular formula is C14H22O2. The third-order valence-corrected chi connectivity index (χ3v) is 2.63. The Labute approximate surface area is 98.3 Å². The van der Waals surface area contributed by atoms with Gasteiger partial charge in [0.15, 0.2) is 0 Å². The van der Waals surface area contributed by atoms with Crippen molar-refractivity contribution in [1.29, 1.82) is 0 Å². The fraction of sp³-hybridized carbons (Fsp3) is 0.571. The monoisotopic (exact) mass is 222 g/mol. The van der Waals surface area contributed by atoms with Gasteiger partial charge in [0, 0.05) is 0 Å². The normalized spacial score (nSPS) is 13.1. The number of benzene rings is 1. The molecule has 0 bridgehead atoms. The van der Waals surface area contributed by atoms with Crippen molar-refractivity contribution in [2.24, 2.45) is 0 Å². The molecule has 0 aliphatic heterocycles. The van der Waals surface area contributed by atoms with Crippen LogP contribution in [-0.2, 0) is 11.2 Å². The molecule has 0 heterocycles. The molecule has 16 heavy (non-hydrogen) atoms. The number of aliphatic hydroxyl groups excluding tert-OH is 1. The molecule has 1 aromatic rings. The smallest absolute Gasteiger partial charge is 0.0777 e. The van der Waals surface area contributed by atoms with E-state index in [9.17, 15) is 5.11 Å². The van der Waals surface area contributed by atoms with E-state index in [2.05, 4.69) is 19.1 Å². The predicted molar refractivity (Wildman–Crippen MR) is 66.6 cm³/mol. The van der Waals surface area contributed by atoms with E-state index in [0.29, 0.717) is 6.61 Å². The molecule has 1 aromatic carbocycles. The van der Waals surface area contributed by atoms with Gasteiger partial charge in [-0.3, -0.25) is 0 Å². The second-order valence-electron chi connectivity index (χ2n) is 4.50. The van der Waals surface area contributed by atoms with Gasteiger partial charge in [-0.1, -0.05) is 24.3 Å². The Hall–Kier alpha value is -0.860. The van der Waals surface area contributed by atoms with Crippen molar-refractivity contribution in [3.05, 3.63) is 35.4 Å². The van der Waals surface area contributed by atoms with Gasteiger partial charge in [-0.05, 0) is 44.7 Å². The molecule has 1 N–H and O–H groups in total. The van der Waals surface area contributed by atoms with Gasteiger partial charge < -0.3 is 9.84 Å². The molecule has 2 heteroatoms. The van der Waals surface area contributed by atoms with Gasteiger partial charge in [0.2, 0.25) is 0 Å². The lowest BCUT2D eigenvalue weighted by atomic mass is 10.0. The highest BCUT2D eigenvalue weighted by Gasteiger charge is 2.06. The molecule has 2 nitrogen and oxygen atoms in total. The van der Waals surface area contributed by atoms with E-state index in [1.165, 1.54) is 11.1 Å². The molecule has 1 unspecified atom stereocenters. The minimum Gasteiger partial charge on any atom is -0.391 e. The van der Waals surface area contributed by atoms with E-state index in [1.807, 2.05) is 26.0 Å². The molecule has 0 fully saturated rings. The second kappa shape index (κ2) is 6.66. The number of aryl methyl sites for hydroxylation is 2. The highest BCUT2D eigenvalue weighted by Crippen LogP contribution is 2.11. The summed E-state index contributed by atoms with van der Waals surface area (Å²) in [6.45, 7) is 6.50. The Morgan fingerprint density at radius 1 is 1.25 bits per heavy atom. The zero-order valence-electron chi connectivity index (χ0n) is 10.4. The molecule has 0 aromatic heterocycles. The van der Waals surface area contributed by atoms with Crippen molar-refractivity contribution in [2.45, 2.75) is 45.8 Å². The first kappa shape index (κ1) is 13.2. The Kier molecular flexibility index (Phi) is 5.50. The lowest BCUT2D eigenvalue weighted by Gasteiger charge is -2.14. The van der Waals surface area contributed by atoms with Crippen LogP contribution in [0, 0.1) is 6.92 Å². The van der Waals surface area contributed by atoms with Crippen molar-refractivity contribution < 1.29 is 9.84 Å². The predicted octanol–water partition coefficient (Wildman–Crippen LogP) is 2.71. The fourth-order valence-corrected chi connectivity index (χ4v) is 1.60. The van der Waals surface area contributed by atoms with Gasteiger partial charge in [0.25, 0.3) is 0 Å². The molecular weight excluding hydrogens is 200 g/mol. The number of rotatable bonds is 6. The van der Waals surface area contributed by atoms with Crippen molar-refractivity contribution >= 4 is 0 Å². The molecule has 0 aliphatic carbocycles. The highest BCUT2D eigenvalue weighted by molar-refractivity contribution is 5.25. The minimum absolute atomic E-state index is 0.188. The lowest BCUT2D eigenvalue weighted by Crippen LogP contribution is -2.19. The van der Waals surface area contributed by atoms with Crippen LogP contribution in [0.1, 0.15) is 31.4 Å². The number of hydrogen-bond donors (Lipinski definition) is 1. The number of hydrogen-bond acceptors (Lipinski definition) is 2. The summed E-state index contributed by atoms with van der Waals surface area (Å²) in [4.78, 5) is 0. The van der Waals surface area contributed by atoms with Crippen LogP contribution < -0.4 is 0 Å². The molecule has 1 atom stereocenters. The SMILES string of the molecule is Cc1ccccc1CCC(O)COC(C)C. The first-order valence-corrected chi connectivity index (χ1v) is 5.93. The number of aliphatic hydroxyl groups is 1. The summed E-state index contributed by atoms with van der Waals surface area (Å²) in [5, 5.41) is 9.73. The molecule has 0 saturated heterocycles. The van der Waals surface area contributed by atoms with Crippen molar-refractivity contribution in [1.82, 2.24) is 0 Å². The lowest BCUT2D eigenvalue weighted by molar-refractivity contribution is 0.00286. The van der Waals surface area contributed by atoms with E-state index in [4.69, 9.17) is 4.74 Å². The Balaban J connectivity index is 2.31. The quantitative estimate of drug-likeness (QED) is 0.802. The van der Waals surface area contributed by atoms with E-state index in [1.54, 1.807) is 0 Å². The van der Waals surface area contributed by atoms with Crippen LogP contribution in [0.3, 0.4) is 0 Å². The summed E-state index contributed by atoms with van der Waals surface area (Å²) >= 11 is 0. The summed E-state index contributed by atoms with van der Waals surface area (Å²) in [5.41, 5.74) is 2.60. The minimum atomic E-state index is -0.359. The van der Waals surface area contributed by atoms with Crippen LogP contribution >= 0.6 is 0 Å². The maximum Gasteiger partial charge on any atom is 0.0777 e. The summed E-state index contributed by atoms with van der Waals surface area (Å²) in [6.07, 6.45) is 1.50. The average molecular weight is 222 g/mol. The highest BCUT2D eigenvalue weighted by atomic mass is 16.5. The first-order valence-electron chi connectivity index (χ1n) is 5.93. The van der Waals surface area contributed by atoms with Crippen LogP contribution in [0.2, 0.25) is 0 Å². The van der Waals surface area contributed by atoms with Crippen molar-refractivity contribution in [3.8, 4) is 0 Å². The van der Waals surface area contributed by atoms with Crippen LogP contribution in [0.5, 0.6) is 0 Å². The molecule has 1 rings (SSSR count). The third-order valence-electron chi connectivity index (χ3n) is 2.63. The van der Waals surface area contributed by atoms with Crippen LogP contribution in [-0.4, -0.2) is 23.9 Å². The van der Waals surface area contributed by atoms with Gasteiger partial charge in [-0.25, -0.2) is 0 Å². The number of ether oxygens (including phenoxy) is 1. The van der Waals surface area contributed by atoms with Crippen molar-refractivity contribution in [2.75, 3.05) is 6.61 Å². The Morgan fingerprint density at radius 2 is 1.94 bits per heavy atom. The van der Waals surface area contributed by atoms with Gasteiger partial charge in [0.05, 0.1) is 18.8 Å². The van der Waals surface area contributed by atoms with E-state index >= 15 is 0 Å². The molecule has 0 saturated carbocycles. The first-order chi connectivity index (χ1) is 7.59. The Morgan fingerprint density at radius 3 is 2.56 bits per heavy atom. The largest absolute Gasteiger partial charge is 0.391 e. The van der Waals surface area contributed by atoms with Gasteiger partial charge in [-0.2, -0.15) is 0 Å². The molecule has 90 valence electrons. The topological polar surface area (TPSA) is 29.5 Å². The molecule has 0 spiro atoms. The molecule has 0 radical (unpaired) electrons. The average Bonchev–Trinajstić information content (AvgIpc) is 2.25. The summed E-state index contributed by atoms with van der Waals surface area (Å²) in [7, 11) is 0.